The van der Waals surface area contributed by atoms with E-state index >= 15 is 0 Å². The molecular weight excluding hydrogens is 200 g/mol. The molecule has 4 heteroatoms. The summed E-state index contributed by atoms with van der Waals surface area (Å²) in [7, 11) is 0. The van der Waals surface area contributed by atoms with Gasteiger partial charge in [0.2, 0.25) is 0 Å². The van der Waals surface area contributed by atoms with Crippen molar-refractivity contribution in [3.8, 4) is 0 Å². The third-order valence-electron chi connectivity index (χ3n) is 2.32. The maximum absolute atomic E-state index is 4.14. The van der Waals surface area contributed by atoms with Crippen LogP contribution in [0.3, 0.4) is 0 Å². The fourth-order valence-corrected chi connectivity index (χ4v) is 1.47. The SMILES string of the molecule is CC(C)=CCNCc1nnc2ccccn12. The van der Waals surface area contributed by atoms with Crippen molar-refractivity contribution in [1.82, 2.24) is 19.9 Å². The molecule has 1 N–H and O–H groups in total. The lowest BCUT2D eigenvalue weighted by molar-refractivity contribution is 0.705. The van der Waals surface area contributed by atoms with Crippen LogP contribution in [0, 0.1) is 0 Å². The highest BCUT2D eigenvalue weighted by molar-refractivity contribution is 5.36. The van der Waals surface area contributed by atoms with Gasteiger partial charge in [0.15, 0.2) is 11.5 Å². The third kappa shape index (κ3) is 2.46. The van der Waals surface area contributed by atoms with E-state index in [1.165, 1.54) is 5.57 Å². The Bertz CT molecular complexity index is 494. The molecule has 16 heavy (non-hydrogen) atoms. The van der Waals surface area contributed by atoms with Gasteiger partial charge in [0.05, 0.1) is 6.54 Å². The number of pyridine rings is 1. The van der Waals surface area contributed by atoms with Gasteiger partial charge >= 0.3 is 0 Å². The predicted molar refractivity (Wildman–Crippen MR) is 64.1 cm³/mol. The molecule has 4 nitrogen and oxygen atoms in total. The molecule has 0 unspecified atom stereocenters. The first-order valence-electron chi connectivity index (χ1n) is 5.40. The molecule has 84 valence electrons. The number of hydrogen-bond acceptors (Lipinski definition) is 3. The van der Waals surface area contributed by atoms with Crippen LogP contribution < -0.4 is 5.32 Å². The minimum absolute atomic E-state index is 0.731. The van der Waals surface area contributed by atoms with Gasteiger partial charge in [-0.3, -0.25) is 4.40 Å². The van der Waals surface area contributed by atoms with Crippen molar-refractivity contribution in [3.05, 3.63) is 41.9 Å². The van der Waals surface area contributed by atoms with E-state index in [1.54, 1.807) is 0 Å². The van der Waals surface area contributed by atoms with Crippen LogP contribution in [-0.2, 0) is 6.54 Å². The van der Waals surface area contributed by atoms with E-state index in [0.717, 1.165) is 24.6 Å². The number of allylic oxidation sites excluding steroid dienone is 1. The normalized spacial score (nSPS) is 10.6. The second-order valence-electron chi connectivity index (χ2n) is 3.96. The van der Waals surface area contributed by atoms with Gasteiger partial charge in [-0.15, -0.1) is 10.2 Å². The number of rotatable bonds is 4. The van der Waals surface area contributed by atoms with Crippen molar-refractivity contribution < 1.29 is 0 Å². The molecule has 2 aromatic rings. The highest BCUT2D eigenvalue weighted by atomic mass is 15.3. The Balaban J connectivity index is 2.02. The quantitative estimate of drug-likeness (QED) is 0.626. The zero-order chi connectivity index (χ0) is 11.4. The fourth-order valence-electron chi connectivity index (χ4n) is 1.47. The molecule has 0 saturated heterocycles. The van der Waals surface area contributed by atoms with Crippen molar-refractivity contribution in [2.75, 3.05) is 6.54 Å². The highest BCUT2D eigenvalue weighted by Crippen LogP contribution is 2.02. The van der Waals surface area contributed by atoms with Crippen LogP contribution in [0.25, 0.3) is 5.65 Å². The molecule has 0 aromatic carbocycles. The fraction of sp³-hybridized carbons (Fsp3) is 0.333. The van der Waals surface area contributed by atoms with Gasteiger partial charge in [-0.25, -0.2) is 0 Å². The Morgan fingerprint density at radius 1 is 1.38 bits per heavy atom. The molecule has 0 atom stereocenters. The standard InChI is InChI=1S/C12H16N4/c1-10(2)6-7-13-9-12-15-14-11-5-3-4-8-16(11)12/h3-6,8,13H,7,9H2,1-2H3. The Kier molecular flexibility index (Phi) is 3.31. The molecule has 0 aliphatic carbocycles. The van der Waals surface area contributed by atoms with Gasteiger partial charge in [-0.2, -0.15) is 0 Å². The van der Waals surface area contributed by atoms with Crippen LogP contribution >= 0.6 is 0 Å². The number of nitrogens with zero attached hydrogens (tertiary/aromatic N) is 3. The molecule has 0 bridgehead atoms. The lowest BCUT2D eigenvalue weighted by atomic mass is 10.3. The van der Waals surface area contributed by atoms with Crippen LogP contribution in [0.2, 0.25) is 0 Å². The topological polar surface area (TPSA) is 42.2 Å². The zero-order valence-electron chi connectivity index (χ0n) is 9.64. The Morgan fingerprint density at radius 3 is 3.06 bits per heavy atom. The lowest BCUT2D eigenvalue weighted by Gasteiger charge is -2.00. The highest BCUT2D eigenvalue weighted by Gasteiger charge is 2.02. The monoisotopic (exact) mass is 216 g/mol. The summed E-state index contributed by atoms with van der Waals surface area (Å²) in [5.74, 6) is 0.942. The van der Waals surface area contributed by atoms with Gasteiger partial charge in [-0.1, -0.05) is 17.7 Å². The summed E-state index contributed by atoms with van der Waals surface area (Å²) in [5, 5.41) is 11.5. The van der Waals surface area contributed by atoms with E-state index in [4.69, 9.17) is 0 Å². The first kappa shape index (κ1) is 10.8. The molecule has 0 saturated carbocycles. The molecule has 0 spiro atoms. The second kappa shape index (κ2) is 4.90. The molecular formula is C12H16N4. The lowest BCUT2D eigenvalue weighted by Crippen LogP contribution is -2.15. The number of nitrogens with one attached hydrogen (secondary N) is 1. The summed E-state index contributed by atoms with van der Waals surface area (Å²) in [5.41, 5.74) is 2.21. The maximum atomic E-state index is 4.14. The molecule has 2 aromatic heterocycles. The third-order valence-corrected chi connectivity index (χ3v) is 2.32. The molecule has 0 fully saturated rings. The van der Waals surface area contributed by atoms with Gasteiger partial charge in [0.1, 0.15) is 0 Å². The average molecular weight is 216 g/mol. The summed E-state index contributed by atoms with van der Waals surface area (Å²) < 4.78 is 2.00. The van der Waals surface area contributed by atoms with E-state index in [-0.39, 0.29) is 0 Å². The van der Waals surface area contributed by atoms with Gasteiger partial charge in [0.25, 0.3) is 0 Å². The summed E-state index contributed by atoms with van der Waals surface area (Å²) in [6.07, 6.45) is 4.14. The van der Waals surface area contributed by atoms with E-state index < -0.39 is 0 Å². The van der Waals surface area contributed by atoms with Crippen molar-refractivity contribution in [2.24, 2.45) is 0 Å². The molecule has 0 aliphatic heterocycles. The maximum Gasteiger partial charge on any atom is 0.160 e. The summed E-state index contributed by atoms with van der Waals surface area (Å²) in [6, 6.07) is 5.90. The first-order valence-corrected chi connectivity index (χ1v) is 5.40. The minimum atomic E-state index is 0.731. The number of hydrogen-bond donors (Lipinski definition) is 1. The molecule has 2 rings (SSSR count). The Hall–Kier alpha value is -1.68. The smallest absolute Gasteiger partial charge is 0.160 e. The van der Waals surface area contributed by atoms with Crippen LogP contribution in [0.5, 0.6) is 0 Å². The molecule has 2 heterocycles. The Morgan fingerprint density at radius 2 is 2.25 bits per heavy atom. The van der Waals surface area contributed by atoms with Crippen molar-refractivity contribution >= 4 is 5.65 Å². The Labute approximate surface area is 95.0 Å². The predicted octanol–water partition coefficient (Wildman–Crippen LogP) is 1.79. The van der Waals surface area contributed by atoms with Crippen LogP contribution in [-0.4, -0.2) is 21.1 Å². The van der Waals surface area contributed by atoms with E-state index in [1.807, 2.05) is 28.8 Å². The number of fused-ring (bicyclic) bond motifs is 1. The van der Waals surface area contributed by atoms with Crippen molar-refractivity contribution in [2.45, 2.75) is 20.4 Å². The van der Waals surface area contributed by atoms with Crippen molar-refractivity contribution in [3.63, 3.8) is 0 Å². The summed E-state index contributed by atoms with van der Waals surface area (Å²) in [6.45, 7) is 5.78. The van der Waals surface area contributed by atoms with Gasteiger partial charge < -0.3 is 5.32 Å². The summed E-state index contributed by atoms with van der Waals surface area (Å²) >= 11 is 0. The molecule has 0 amide bonds. The average Bonchev–Trinajstić information content (AvgIpc) is 2.68. The van der Waals surface area contributed by atoms with E-state index in [9.17, 15) is 0 Å². The van der Waals surface area contributed by atoms with Crippen LogP contribution in [0.15, 0.2) is 36.0 Å². The van der Waals surface area contributed by atoms with Gasteiger partial charge in [0, 0.05) is 12.7 Å². The van der Waals surface area contributed by atoms with Crippen molar-refractivity contribution in [1.29, 1.82) is 0 Å². The second-order valence-corrected chi connectivity index (χ2v) is 3.96. The summed E-state index contributed by atoms with van der Waals surface area (Å²) in [4.78, 5) is 0. The van der Waals surface area contributed by atoms with Crippen LogP contribution in [0.4, 0.5) is 0 Å². The van der Waals surface area contributed by atoms with E-state index in [2.05, 4.69) is 35.4 Å². The largest absolute Gasteiger partial charge is 0.306 e. The van der Waals surface area contributed by atoms with Crippen LogP contribution in [0.1, 0.15) is 19.7 Å². The minimum Gasteiger partial charge on any atom is -0.306 e. The van der Waals surface area contributed by atoms with Gasteiger partial charge in [-0.05, 0) is 26.0 Å². The number of aromatic nitrogens is 3. The molecule has 0 radical (unpaired) electrons. The molecule has 0 aliphatic rings. The zero-order valence-corrected chi connectivity index (χ0v) is 9.64. The first-order chi connectivity index (χ1) is 7.77. The van der Waals surface area contributed by atoms with E-state index in [0.29, 0.717) is 0 Å².